The summed E-state index contributed by atoms with van der Waals surface area (Å²) in [6, 6.07) is 11.1. The maximum atomic E-state index is 11.8. The molecule has 5 nitrogen and oxygen atoms in total. The van der Waals surface area contributed by atoms with Crippen LogP contribution in [0.5, 0.6) is 0 Å². The third-order valence-electron chi connectivity index (χ3n) is 3.11. The van der Waals surface area contributed by atoms with Crippen LogP contribution in [0.1, 0.15) is 25.3 Å². The average molecular weight is 270 g/mol. The van der Waals surface area contributed by atoms with E-state index in [4.69, 9.17) is 10.5 Å². The van der Waals surface area contributed by atoms with Gasteiger partial charge in [-0.3, -0.25) is 4.79 Å². The van der Waals surface area contributed by atoms with Crippen molar-refractivity contribution < 1.29 is 4.79 Å². The number of anilines is 1. The molecule has 1 N–H and O–H groups in total. The molecule has 0 aromatic heterocycles. The van der Waals surface area contributed by atoms with Gasteiger partial charge in [-0.1, -0.05) is 6.07 Å². The summed E-state index contributed by atoms with van der Waals surface area (Å²) in [5, 5.41) is 20.2. The van der Waals surface area contributed by atoms with Crippen LogP contribution in [0.4, 0.5) is 5.69 Å². The minimum atomic E-state index is -0.101. The molecule has 1 amide bonds. The summed E-state index contributed by atoms with van der Waals surface area (Å²) < 4.78 is 0. The van der Waals surface area contributed by atoms with E-state index in [-0.39, 0.29) is 11.9 Å². The second-order valence-electron chi connectivity index (χ2n) is 4.68. The number of carbonyl (C=O) groups excluding carboxylic acids is 1. The van der Waals surface area contributed by atoms with Gasteiger partial charge in [0.15, 0.2) is 0 Å². The number of nitrogens with one attached hydrogen (secondary N) is 1. The molecule has 1 atom stereocenters. The molecule has 1 aromatic rings. The Hall–Kier alpha value is -2.37. The third kappa shape index (κ3) is 5.09. The fraction of sp³-hybridized carbons (Fsp3) is 0.400. The molecule has 1 rings (SSSR count). The number of hydrogen-bond acceptors (Lipinski definition) is 4. The lowest BCUT2D eigenvalue weighted by molar-refractivity contribution is -0.116. The first-order valence-corrected chi connectivity index (χ1v) is 6.44. The van der Waals surface area contributed by atoms with E-state index in [1.807, 2.05) is 24.9 Å². The highest BCUT2D eigenvalue weighted by Crippen LogP contribution is 2.10. The molecule has 0 aliphatic heterocycles. The molecule has 20 heavy (non-hydrogen) atoms. The van der Waals surface area contributed by atoms with Crippen LogP contribution in [0.15, 0.2) is 24.3 Å². The van der Waals surface area contributed by atoms with Gasteiger partial charge < -0.3 is 10.2 Å². The van der Waals surface area contributed by atoms with Crippen LogP contribution < -0.4 is 5.32 Å². The topological polar surface area (TPSA) is 79.9 Å². The lowest BCUT2D eigenvalue weighted by Crippen LogP contribution is -2.31. The van der Waals surface area contributed by atoms with Gasteiger partial charge in [-0.2, -0.15) is 10.5 Å². The zero-order valence-corrected chi connectivity index (χ0v) is 11.8. The number of amides is 1. The van der Waals surface area contributed by atoms with Gasteiger partial charge in [0.2, 0.25) is 5.91 Å². The molecule has 0 bridgehead atoms. The lowest BCUT2D eigenvalue weighted by atomic mass is 10.2. The SMILES string of the molecule is CC(CC#N)N(C)CCC(=O)Nc1cccc(C#N)c1. The molecule has 0 spiro atoms. The quantitative estimate of drug-likeness (QED) is 0.858. The predicted molar refractivity (Wildman–Crippen MR) is 76.7 cm³/mol. The molecule has 1 aromatic carbocycles. The Bertz CT molecular complexity index is 542. The van der Waals surface area contributed by atoms with Crippen LogP contribution in [0, 0.1) is 22.7 Å². The van der Waals surface area contributed by atoms with Gasteiger partial charge in [0.25, 0.3) is 0 Å². The monoisotopic (exact) mass is 270 g/mol. The molecule has 0 fully saturated rings. The molecule has 5 heteroatoms. The van der Waals surface area contributed by atoms with Crippen molar-refractivity contribution in [1.82, 2.24) is 4.90 Å². The third-order valence-corrected chi connectivity index (χ3v) is 3.11. The van der Waals surface area contributed by atoms with Crippen LogP contribution >= 0.6 is 0 Å². The smallest absolute Gasteiger partial charge is 0.225 e. The normalized spacial score (nSPS) is 11.4. The van der Waals surface area contributed by atoms with Crippen molar-refractivity contribution in [2.75, 3.05) is 18.9 Å². The summed E-state index contributed by atoms with van der Waals surface area (Å²) in [4.78, 5) is 13.8. The highest BCUT2D eigenvalue weighted by Gasteiger charge is 2.10. The number of nitriles is 2. The highest BCUT2D eigenvalue weighted by molar-refractivity contribution is 5.90. The van der Waals surface area contributed by atoms with E-state index < -0.39 is 0 Å². The Morgan fingerprint density at radius 1 is 1.45 bits per heavy atom. The fourth-order valence-corrected chi connectivity index (χ4v) is 1.68. The molecule has 0 aliphatic carbocycles. The van der Waals surface area contributed by atoms with Crippen molar-refractivity contribution >= 4 is 11.6 Å². The Labute approximate surface area is 119 Å². The van der Waals surface area contributed by atoms with Crippen LogP contribution in [0.2, 0.25) is 0 Å². The second-order valence-corrected chi connectivity index (χ2v) is 4.68. The van der Waals surface area contributed by atoms with Crippen LogP contribution in [-0.2, 0) is 4.79 Å². The summed E-state index contributed by atoms with van der Waals surface area (Å²) >= 11 is 0. The number of rotatable bonds is 6. The van der Waals surface area contributed by atoms with Crippen molar-refractivity contribution in [2.24, 2.45) is 0 Å². The van der Waals surface area contributed by atoms with Gasteiger partial charge in [0, 0.05) is 24.7 Å². The molecule has 0 radical (unpaired) electrons. The van der Waals surface area contributed by atoms with Crippen molar-refractivity contribution in [1.29, 1.82) is 10.5 Å². The van der Waals surface area contributed by atoms with E-state index >= 15 is 0 Å². The van der Waals surface area contributed by atoms with Crippen molar-refractivity contribution in [2.45, 2.75) is 25.8 Å². The van der Waals surface area contributed by atoms with Crippen LogP contribution in [0.25, 0.3) is 0 Å². The van der Waals surface area contributed by atoms with Crippen LogP contribution in [-0.4, -0.2) is 30.4 Å². The Morgan fingerprint density at radius 3 is 2.85 bits per heavy atom. The van der Waals surface area contributed by atoms with E-state index in [9.17, 15) is 4.79 Å². The maximum Gasteiger partial charge on any atom is 0.225 e. The summed E-state index contributed by atoms with van der Waals surface area (Å²) in [6.07, 6.45) is 0.797. The summed E-state index contributed by atoms with van der Waals surface area (Å²) in [7, 11) is 1.89. The molecular weight excluding hydrogens is 252 g/mol. The number of nitrogens with zero attached hydrogens (tertiary/aromatic N) is 3. The van der Waals surface area contributed by atoms with Crippen molar-refractivity contribution in [3.05, 3.63) is 29.8 Å². The number of carbonyl (C=O) groups is 1. The first-order chi connectivity index (χ1) is 9.56. The lowest BCUT2D eigenvalue weighted by Gasteiger charge is -2.22. The molecule has 0 saturated carbocycles. The van der Waals surface area contributed by atoms with E-state index in [0.717, 1.165) is 0 Å². The van der Waals surface area contributed by atoms with E-state index in [1.54, 1.807) is 24.3 Å². The van der Waals surface area contributed by atoms with Gasteiger partial charge in [0.05, 0.1) is 24.1 Å². The molecule has 0 aliphatic rings. The van der Waals surface area contributed by atoms with Crippen molar-refractivity contribution in [3.8, 4) is 12.1 Å². The minimum absolute atomic E-state index is 0.101. The number of benzene rings is 1. The Balaban J connectivity index is 2.44. The van der Waals surface area contributed by atoms with Gasteiger partial charge in [-0.15, -0.1) is 0 Å². The zero-order valence-electron chi connectivity index (χ0n) is 11.8. The molecule has 1 unspecified atom stereocenters. The second kappa shape index (κ2) is 7.93. The van der Waals surface area contributed by atoms with Crippen molar-refractivity contribution in [3.63, 3.8) is 0 Å². The standard InChI is InChI=1S/C15H18N4O/c1-12(6-8-16)19(2)9-7-15(20)18-14-5-3-4-13(10-14)11-17/h3-5,10,12H,6-7,9H2,1-2H3,(H,18,20). The van der Waals surface area contributed by atoms with Gasteiger partial charge in [-0.05, 0) is 32.2 Å². The van der Waals surface area contributed by atoms with E-state index in [1.165, 1.54) is 0 Å². The first-order valence-electron chi connectivity index (χ1n) is 6.44. The summed E-state index contributed by atoms with van der Waals surface area (Å²) in [6.45, 7) is 2.55. The largest absolute Gasteiger partial charge is 0.326 e. The summed E-state index contributed by atoms with van der Waals surface area (Å²) in [5.74, 6) is -0.101. The van der Waals surface area contributed by atoms with Crippen LogP contribution in [0.3, 0.4) is 0 Å². The van der Waals surface area contributed by atoms with E-state index in [2.05, 4.69) is 11.4 Å². The summed E-state index contributed by atoms with van der Waals surface area (Å²) in [5.41, 5.74) is 1.14. The molecule has 0 saturated heterocycles. The molecule has 0 heterocycles. The fourth-order valence-electron chi connectivity index (χ4n) is 1.68. The van der Waals surface area contributed by atoms with E-state index in [0.29, 0.717) is 30.6 Å². The zero-order chi connectivity index (χ0) is 15.0. The Morgan fingerprint density at radius 2 is 2.20 bits per heavy atom. The first kappa shape index (κ1) is 15.7. The molecular formula is C15H18N4O. The minimum Gasteiger partial charge on any atom is -0.326 e. The number of hydrogen-bond donors (Lipinski definition) is 1. The maximum absolute atomic E-state index is 11.8. The average Bonchev–Trinajstić information content (AvgIpc) is 2.45. The predicted octanol–water partition coefficient (Wildman–Crippen LogP) is 2.12. The highest BCUT2D eigenvalue weighted by atomic mass is 16.1. The van der Waals surface area contributed by atoms with Gasteiger partial charge in [-0.25, -0.2) is 0 Å². The molecule has 104 valence electrons. The van der Waals surface area contributed by atoms with Gasteiger partial charge >= 0.3 is 0 Å². The van der Waals surface area contributed by atoms with Gasteiger partial charge in [0.1, 0.15) is 0 Å². The Kier molecular flexibility index (Phi) is 6.22.